The van der Waals surface area contributed by atoms with Crippen molar-refractivity contribution in [2.24, 2.45) is 0 Å². The van der Waals surface area contributed by atoms with E-state index in [2.05, 4.69) is 5.32 Å². The number of benzene rings is 1. The molecule has 1 unspecified atom stereocenters. The van der Waals surface area contributed by atoms with Crippen LogP contribution in [0.4, 0.5) is 4.39 Å². The van der Waals surface area contributed by atoms with E-state index in [1.54, 1.807) is 13.8 Å². The summed E-state index contributed by atoms with van der Waals surface area (Å²) in [5.74, 6) is -0.940. The zero-order valence-electron chi connectivity index (χ0n) is 12.3. The quantitative estimate of drug-likeness (QED) is 0.619. The fourth-order valence-electron chi connectivity index (χ4n) is 2.15. The van der Waals surface area contributed by atoms with Crippen molar-refractivity contribution in [3.05, 3.63) is 35.1 Å². The molecule has 1 aromatic carbocycles. The molecule has 1 fully saturated rings. The van der Waals surface area contributed by atoms with E-state index < -0.39 is 12.0 Å². The number of Topliss-reactive ketones (excluding diaryl/α,β-unsaturated/α-hetero) is 1. The summed E-state index contributed by atoms with van der Waals surface area (Å²) in [7, 11) is 0. The van der Waals surface area contributed by atoms with E-state index in [-0.39, 0.29) is 24.1 Å². The molecule has 1 atom stereocenters. The molecule has 0 bridgehead atoms. The number of esters is 1. The van der Waals surface area contributed by atoms with Crippen LogP contribution in [0.2, 0.25) is 0 Å². The van der Waals surface area contributed by atoms with Crippen molar-refractivity contribution in [2.75, 3.05) is 6.61 Å². The van der Waals surface area contributed by atoms with Crippen LogP contribution in [0.25, 0.3) is 0 Å². The minimum atomic E-state index is -0.610. The minimum Gasteiger partial charge on any atom is -0.466 e. The van der Waals surface area contributed by atoms with Gasteiger partial charge in [-0.2, -0.15) is 0 Å². The number of nitrogens with one attached hydrogen (secondary N) is 1. The van der Waals surface area contributed by atoms with E-state index in [1.165, 1.54) is 18.2 Å². The van der Waals surface area contributed by atoms with Crippen LogP contribution in [0.5, 0.6) is 0 Å². The number of hydrogen-bond donors (Lipinski definition) is 1. The fourth-order valence-corrected chi connectivity index (χ4v) is 2.15. The molecule has 1 aromatic rings. The Bertz CT molecular complexity index is 540. The SMILES string of the molecule is CCOC(=O)CC(NC1CC1)C(=O)c1ccc(F)c(C)c1. The number of carbonyl (C=O) groups is 2. The molecule has 0 spiro atoms. The van der Waals surface area contributed by atoms with E-state index in [1.807, 2.05) is 0 Å². The first-order valence-electron chi connectivity index (χ1n) is 7.23. The topological polar surface area (TPSA) is 55.4 Å². The summed E-state index contributed by atoms with van der Waals surface area (Å²) in [4.78, 5) is 24.2. The molecule has 1 N–H and O–H groups in total. The summed E-state index contributed by atoms with van der Waals surface area (Å²) >= 11 is 0. The lowest BCUT2D eigenvalue weighted by Gasteiger charge is -2.17. The Morgan fingerprint density at radius 1 is 1.43 bits per heavy atom. The van der Waals surface area contributed by atoms with Crippen LogP contribution in [-0.2, 0) is 9.53 Å². The predicted octanol–water partition coefficient (Wildman–Crippen LogP) is 2.39. The highest BCUT2D eigenvalue weighted by Crippen LogP contribution is 2.21. The third-order valence-corrected chi connectivity index (χ3v) is 3.45. The summed E-state index contributed by atoms with van der Waals surface area (Å²) in [6.07, 6.45) is 2.02. The highest BCUT2D eigenvalue weighted by atomic mass is 19.1. The van der Waals surface area contributed by atoms with Crippen LogP contribution in [0.1, 0.15) is 42.1 Å². The maximum atomic E-state index is 13.3. The molecule has 114 valence electrons. The minimum absolute atomic E-state index is 0.000399. The first-order chi connectivity index (χ1) is 10.0. The molecule has 0 aromatic heterocycles. The van der Waals surface area contributed by atoms with Crippen LogP contribution < -0.4 is 5.32 Å². The largest absolute Gasteiger partial charge is 0.466 e. The maximum Gasteiger partial charge on any atom is 0.307 e. The Balaban J connectivity index is 2.11. The highest BCUT2D eigenvalue weighted by molar-refractivity contribution is 6.02. The number of ether oxygens (including phenoxy) is 1. The second kappa shape index (κ2) is 6.80. The summed E-state index contributed by atoms with van der Waals surface area (Å²) in [5, 5.41) is 3.17. The first-order valence-corrected chi connectivity index (χ1v) is 7.23. The van der Waals surface area contributed by atoms with Gasteiger partial charge in [-0.3, -0.25) is 9.59 Å². The fraction of sp³-hybridized carbons (Fsp3) is 0.500. The number of rotatable bonds is 7. The molecule has 0 saturated heterocycles. The molecule has 0 amide bonds. The lowest BCUT2D eigenvalue weighted by atomic mass is 9.99. The molecule has 2 rings (SSSR count). The Kier molecular flexibility index (Phi) is 5.07. The van der Waals surface area contributed by atoms with Crippen molar-refractivity contribution in [2.45, 2.75) is 45.2 Å². The Hall–Kier alpha value is -1.75. The molecule has 4 nitrogen and oxygen atoms in total. The molecule has 0 heterocycles. The summed E-state index contributed by atoms with van der Waals surface area (Å²) in [6.45, 7) is 3.63. The third kappa shape index (κ3) is 4.36. The van der Waals surface area contributed by atoms with Crippen LogP contribution in [0.3, 0.4) is 0 Å². The lowest BCUT2D eigenvalue weighted by Crippen LogP contribution is -2.40. The first kappa shape index (κ1) is 15.6. The van der Waals surface area contributed by atoms with E-state index >= 15 is 0 Å². The van der Waals surface area contributed by atoms with Crippen molar-refractivity contribution in [3.8, 4) is 0 Å². The molecule has 1 aliphatic carbocycles. The van der Waals surface area contributed by atoms with Crippen LogP contribution in [0, 0.1) is 12.7 Å². The number of hydrogen-bond acceptors (Lipinski definition) is 4. The molecule has 0 aliphatic heterocycles. The summed E-state index contributed by atoms with van der Waals surface area (Å²) < 4.78 is 18.2. The van der Waals surface area contributed by atoms with Crippen molar-refractivity contribution < 1.29 is 18.7 Å². The molecular formula is C16H20FNO3. The van der Waals surface area contributed by atoms with E-state index in [0.717, 1.165) is 12.8 Å². The van der Waals surface area contributed by atoms with Gasteiger partial charge in [0.1, 0.15) is 5.82 Å². The van der Waals surface area contributed by atoms with Gasteiger partial charge < -0.3 is 10.1 Å². The molecule has 5 heteroatoms. The van der Waals surface area contributed by atoms with E-state index in [4.69, 9.17) is 4.74 Å². The third-order valence-electron chi connectivity index (χ3n) is 3.45. The second-order valence-corrected chi connectivity index (χ2v) is 5.33. The van der Waals surface area contributed by atoms with E-state index in [9.17, 15) is 14.0 Å². The van der Waals surface area contributed by atoms with Gasteiger partial charge in [0, 0.05) is 11.6 Å². The van der Waals surface area contributed by atoms with Gasteiger partial charge in [0.25, 0.3) is 0 Å². The molecular weight excluding hydrogens is 273 g/mol. The zero-order chi connectivity index (χ0) is 15.4. The molecule has 0 radical (unpaired) electrons. The number of aryl methyl sites for hydroxylation is 1. The van der Waals surface area contributed by atoms with Gasteiger partial charge in [0.2, 0.25) is 0 Å². The van der Waals surface area contributed by atoms with Crippen molar-refractivity contribution in [1.29, 1.82) is 0 Å². The summed E-state index contributed by atoms with van der Waals surface area (Å²) in [6, 6.07) is 3.93. The standard InChI is InChI=1S/C16H20FNO3/c1-3-21-15(19)9-14(18-12-5-6-12)16(20)11-4-7-13(17)10(2)8-11/h4,7-8,12,14,18H,3,5-6,9H2,1-2H3. The highest BCUT2D eigenvalue weighted by Gasteiger charge is 2.30. The number of ketones is 1. The summed E-state index contributed by atoms with van der Waals surface area (Å²) in [5.41, 5.74) is 0.832. The predicted molar refractivity (Wildman–Crippen MR) is 76.7 cm³/mol. The van der Waals surface area contributed by atoms with Crippen LogP contribution in [0.15, 0.2) is 18.2 Å². The van der Waals surface area contributed by atoms with Gasteiger partial charge in [0.05, 0.1) is 19.1 Å². The van der Waals surface area contributed by atoms with Gasteiger partial charge in [-0.25, -0.2) is 4.39 Å². The Labute approximate surface area is 123 Å². The Morgan fingerprint density at radius 2 is 2.14 bits per heavy atom. The van der Waals surface area contributed by atoms with Crippen LogP contribution in [-0.4, -0.2) is 30.4 Å². The van der Waals surface area contributed by atoms with Gasteiger partial charge in [-0.15, -0.1) is 0 Å². The van der Waals surface area contributed by atoms with Gasteiger partial charge in [-0.1, -0.05) is 0 Å². The average molecular weight is 293 g/mol. The van der Waals surface area contributed by atoms with Gasteiger partial charge >= 0.3 is 5.97 Å². The Morgan fingerprint density at radius 3 is 2.71 bits per heavy atom. The second-order valence-electron chi connectivity index (χ2n) is 5.33. The number of carbonyl (C=O) groups excluding carboxylic acids is 2. The normalized spacial score (nSPS) is 15.6. The maximum absolute atomic E-state index is 13.3. The monoisotopic (exact) mass is 293 g/mol. The van der Waals surface area contributed by atoms with Crippen LogP contribution >= 0.6 is 0 Å². The van der Waals surface area contributed by atoms with Gasteiger partial charge in [-0.05, 0) is 50.5 Å². The smallest absolute Gasteiger partial charge is 0.307 e. The lowest BCUT2D eigenvalue weighted by molar-refractivity contribution is -0.143. The molecule has 1 aliphatic rings. The zero-order valence-corrected chi connectivity index (χ0v) is 12.3. The number of halogens is 1. The van der Waals surface area contributed by atoms with Crippen molar-refractivity contribution in [1.82, 2.24) is 5.32 Å². The molecule has 1 saturated carbocycles. The van der Waals surface area contributed by atoms with Crippen molar-refractivity contribution in [3.63, 3.8) is 0 Å². The average Bonchev–Trinajstić information content (AvgIpc) is 3.24. The van der Waals surface area contributed by atoms with Gasteiger partial charge in [0.15, 0.2) is 5.78 Å². The van der Waals surface area contributed by atoms with E-state index in [0.29, 0.717) is 17.7 Å². The molecule has 21 heavy (non-hydrogen) atoms. The van der Waals surface area contributed by atoms with Crippen molar-refractivity contribution >= 4 is 11.8 Å².